The quantitative estimate of drug-likeness (QED) is 0.507. The second kappa shape index (κ2) is 4.74. The van der Waals surface area contributed by atoms with Crippen LogP contribution in [0.4, 0.5) is 4.39 Å². The van der Waals surface area contributed by atoms with Gasteiger partial charge in [0.25, 0.3) is 0 Å². The summed E-state index contributed by atoms with van der Waals surface area (Å²) in [5.74, 6) is 1.19. The number of hydrogen-bond donors (Lipinski definition) is 0. The maximum atomic E-state index is 13.0. The molecule has 1 aliphatic rings. The van der Waals surface area contributed by atoms with Crippen molar-refractivity contribution in [2.45, 2.75) is 47.2 Å². The third-order valence-corrected chi connectivity index (χ3v) is 2.69. The first-order valence-corrected chi connectivity index (χ1v) is 4.77. The predicted octanol–water partition coefficient (Wildman–Crippen LogP) is 3.66. The highest BCUT2D eigenvalue weighted by atomic mass is 19.1. The lowest BCUT2D eigenvalue weighted by Gasteiger charge is -2.10. The van der Waals surface area contributed by atoms with Gasteiger partial charge in [-0.3, -0.25) is 0 Å². The molecule has 0 aromatic heterocycles. The lowest BCUT2D eigenvalue weighted by Crippen LogP contribution is -2.12. The molecule has 11 heavy (non-hydrogen) atoms. The second-order valence-electron chi connectivity index (χ2n) is 3.49. The van der Waals surface area contributed by atoms with Crippen molar-refractivity contribution in [1.29, 1.82) is 0 Å². The van der Waals surface area contributed by atoms with Crippen LogP contribution in [0.5, 0.6) is 0 Å². The van der Waals surface area contributed by atoms with E-state index in [-0.39, 0.29) is 0 Å². The molecule has 1 heteroatoms. The summed E-state index contributed by atoms with van der Waals surface area (Å²) in [7, 11) is 0. The van der Waals surface area contributed by atoms with E-state index in [1.807, 2.05) is 27.7 Å². The first-order chi connectivity index (χ1) is 5.13. The summed E-state index contributed by atoms with van der Waals surface area (Å²) in [5, 5.41) is 0. The zero-order chi connectivity index (χ0) is 9.02. The molecule has 4 atom stereocenters. The molecule has 0 radical (unpaired) electrons. The molecule has 1 saturated carbocycles. The van der Waals surface area contributed by atoms with Crippen molar-refractivity contribution in [1.82, 2.24) is 0 Å². The maximum absolute atomic E-state index is 13.0. The molecule has 0 aromatic rings. The van der Waals surface area contributed by atoms with E-state index in [9.17, 15) is 4.39 Å². The Morgan fingerprint density at radius 2 is 1.45 bits per heavy atom. The van der Waals surface area contributed by atoms with E-state index in [4.69, 9.17) is 0 Å². The van der Waals surface area contributed by atoms with Crippen molar-refractivity contribution >= 4 is 0 Å². The molecule has 0 nitrogen and oxygen atoms in total. The Labute approximate surface area is 70.2 Å². The van der Waals surface area contributed by atoms with Crippen LogP contribution in [0.1, 0.15) is 41.0 Å². The van der Waals surface area contributed by atoms with Crippen molar-refractivity contribution in [3.63, 3.8) is 0 Å². The van der Waals surface area contributed by atoms with Crippen molar-refractivity contribution < 1.29 is 4.39 Å². The van der Waals surface area contributed by atoms with Crippen LogP contribution >= 0.6 is 0 Å². The third kappa shape index (κ3) is 2.46. The van der Waals surface area contributed by atoms with Crippen molar-refractivity contribution in [2.75, 3.05) is 0 Å². The smallest absolute Gasteiger partial charge is 0.105 e. The Morgan fingerprint density at radius 1 is 1.00 bits per heavy atom. The van der Waals surface area contributed by atoms with Gasteiger partial charge in [-0.15, -0.1) is 0 Å². The van der Waals surface area contributed by atoms with Crippen LogP contribution in [0.3, 0.4) is 0 Å². The molecule has 4 unspecified atom stereocenters. The van der Waals surface area contributed by atoms with E-state index in [1.54, 1.807) is 0 Å². The molecule has 1 fully saturated rings. The van der Waals surface area contributed by atoms with E-state index in [0.717, 1.165) is 6.42 Å². The summed E-state index contributed by atoms with van der Waals surface area (Å²) in [6.45, 7) is 10.2. The first-order valence-electron chi connectivity index (χ1n) is 4.77. The molecule has 1 rings (SSSR count). The molecular formula is C10H21F. The molecule has 1 aliphatic carbocycles. The molecular weight excluding hydrogens is 139 g/mol. The van der Waals surface area contributed by atoms with Gasteiger partial charge in [0.05, 0.1) is 0 Å². The molecule has 0 bridgehead atoms. The lowest BCUT2D eigenvalue weighted by molar-refractivity contribution is 0.217. The van der Waals surface area contributed by atoms with Gasteiger partial charge in [0, 0.05) is 0 Å². The molecule has 0 aliphatic heterocycles. The van der Waals surface area contributed by atoms with Gasteiger partial charge >= 0.3 is 0 Å². The largest absolute Gasteiger partial charge is 0.247 e. The van der Waals surface area contributed by atoms with E-state index in [1.165, 1.54) is 0 Å². The lowest BCUT2D eigenvalue weighted by atomic mass is 10.0. The number of rotatable bonds is 0. The van der Waals surface area contributed by atoms with Crippen LogP contribution in [-0.2, 0) is 0 Å². The third-order valence-electron chi connectivity index (χ3n) is 2.69. The Morgan fingerprint density at radius 3 is 1.55 bits per heavy atom. The molecule has 0 N–H and O–H groups in total. The van der Waals surface area contributed by atoms with Gasteiger partial charge in [-0.1, -0.05) is 34.6 Å². The fourth-order valence-corrected chi connectivity index (χ4v) is 1.76. The monoisotopic (exact) mass is 160 g/mol. The summed E-state index contributed by atoms with van der Waals surface area (Å²) in [5.41, 5.74) is 0. The van der Waals surface area contributed by atoms with Gasteiger partial charge in [0.15, 0.2) is 0 Å². The van der Waals surface area contributed by atoms with Gasteiger partial charge in [-0.05, 0) is 24.2 Å². The molecule has 0 amide bonds. The molecule has 68 valence electrons. The summed E-state index contributed by atoms with van der Waals surface area (Å²) < 4.78 is 13.0. The van der Waals surface area contributed by atoms with Crippen LogP contribution in [0.15, 0.2) is 0 Å². The van der Waals surface area contributed by atoms with Gasteiger partial charge in [-0.2, -0.15) is 0 Å². The van der Waals surface area contributed by atoms with Gasteiger partial charge in [-0.25, -0.2) is 4.39 Å². The minimum absolute atomic E-state index is 0.292. The topological polar surface area (TPSA) is 0 Å². The Balaban J connectivity index is 0.000000461. The van der Waals surface area contributed by atoms with Crippen LogP contribution in [-0.4, -0.2) is 6.17 Å². The normalized spacial score (nSPS) is 43.1. The van der Waals surface area contributed by atoms with E-state index >= 15 is 0 Å². The summed E-state index contributed by atoms with van der Waals surface area (Å²) >= 11 is 0. The summed E-state index contributed by atoms with van der Waals surface area (Å²) in [6.07, 6.45) is 0.530. The maximum Gasteiger partial charge on any atom is 0.105 e. The molecule has 0 aromatic carbocycles. The average Bonchev–Trinajstić information content (AvgIpc) is 2.22. The number of alkyl halides is 1. The van der Waals surface area contributed by atoms with Crippen LogP contribution < -0.4 is 0 Å². The minimum atomic E-state index is -0.542. The second-order valence-corrected chi connectivity index (χ2v) is 3.49. The highest BCUT2D eigenvalue weighted by Gasteiger charge is 2.35. The molecule has 0 saturated heterocycles. The van der Waals surface area contributed by atoms with E-state index in [0.29, 0.717) is 17.8 Å². The van der Waals surface area contributed by atoms with E-state index < -0.39 is 6.17 Å². The fourth-order valence-electron chi connectivity index (χ4n) is 1.76. The van der Waals surface area contributed by atoms with Crippen molar-refractivity contribution in [3.05, 3.63) is 0 Å². The van der Waals surface area contributed by atoms with Gasteiger partial charge < -0.3 is 0 Å². The first kappa shape index (κ1) is 10.9. The highest BCUT2D eigenvalue weighted by molar-refractivity contribution is 4.84. The standard InChI is InChI=1S/C8H15F.C2H6/c1-5-4-6(2)8(9)7(5)3;1-2/h5-8H,4H2,1-3H3;1-2H3. The van der Waals surface area contributed by atoms with Crippen LogP contribution in [0.25, 0.3) is 0 Å². The zero-order valence-corrected chi connectivity index (χ0v) is 8.39. The molecule has 0 heterocycles. The summed E-state index contributed by atoms with van der Waals surface area (Å²) in [6, 6.07) is 0. The van der Waals surface area contributed by atoms with Crippen molar-refractivity contribution in [2.24, 2.45) is 17.8 Å². The average molecular weight is 160 g/mol. The van der Waals surface area contributed by atoms with Gasteiger partial charge in [0.1, 0.15) is 6.17 Å². The Kier molecular flexibility index (Phi) is 4.71. The van der Waals surface area contributed by atoms with E-state index in [2.05, 4.69) is 6.92 Å². The molecule has 0 spiro atoms. The SMILES string of the molecule is CC.CC1CC(C)C(F)C1C. The van der Waals surface area contributed by atoms with Crippen LogP contribution in [0.2, 0.25) is 0 Å². The fraction of sp³-hybridized carbons (Fsp3) is 1.00. The highest BCUT2D eigenvalue weighted by Crippen LogP contribution is 2.37. The number of hydrogen-bond acceptors (Lipinski definition) is 0. The Hall–Kier alpha value is -0.0700. The predicted molar refractivity (Wildman–Crippen MR) is 48.4 cm³/mol. The Bertz CT molecular complexity index is 89.0. The number of halogens is 1. The minimum Gasteiger partial charge on any atom is -0.247 e. The van der Waals surface area contributed by atoms with Crippen molar-refractivity contribution in [3.8, 4) is 0 Å². The summed E-state index contributed by atoms with van der Waals surface area (Å²) in [4.78, 5) is 0. The van der Waals surface area contributed by atoms with Crippen LogP contribution in [0, 0.1) is 17.8 Å². The van der Waals surface area contributed by atoms with Gasteiger partial charge in [0.2, 0.25) is 0 Å². The zero-order valence-electron chi connectivity index (χ0n) is 8.39.